The van der Waals surface area contributed by atoms with Crippen LogP contribution in [-0.4, -0.2) is 45.2 Å². The first-order chi connectivity index (χ1) is 9.99. The molecule has 3 heterocycles. The summed E-state index contributed by atoms with van der Waals surface area (Å²) in [5.41, 5.74) is 0. The number of carbonyl (C=O) groups excluding carboxylic acids is 2. The maximum Gasteiger partial charge on any atom is 0.246 e. The van der Waals surface area contributed by atoms with E-state index >= 15 is 0 Å². The third kappa shape index (κ3) is 2.46. The summed E-state index contributed by atoms with van der Waals surface area (Å²) in [4.78, 5) is 34.4. The Balaban J connectivity index is 1.90. The van der Waals surface area contributed by atoms with Gasteiger partial charge in [-0.2, -0.15) is 0 Å². The molecule has 0 radical (unpaired) electrons. The van der Waals surface area contributed by atoms with Gasteiger partial charge in [-0.1, -0.05) is 13.8 Å². The predicted molar refractivity (Wildman–Crippen MR) is 80.8 cm³/mol. The van der Waals surface area contributed by atoms with Gasteiger partial charge >= 0.3 is 0 Å². The number of nitrogens with zero attached hydrogens (tertiary/aromatic N) is 3. The van der Waals surface area contributed by atoms with Crippen LogP contribution in [0.1, 0.15) is 36.6 Å². The molecule has 21 heavy (non-hydrogen) atoms. The lowest BCUT2D eigenvalue weighted by molar-refractivity contribution is -0.162. The van der Waals surface area contributed by atoms with Gasteiger partial charge in [0, 0.05) is 17.6 Å². The minimum absolute atomic E-state index is 0.108. The third-order valence-electron chi connectivity index (χ3n) is 4.32. The fourth-order valence-corrected chi connectivity index (χ4v) is 4.18. The number of fused-ring (bicyclic) bond motifs is 1. The van der Waals surface area contributed by atoms with Crippen molar-refractivity contribution in [2.45, 2.75) is 52.2 Å². The summed E-state index contributed by atoms with van der Waals surface area (Å²) >= 11 is 1.59. The van der Waals surface area contributed by atoms with Crippen LogP contribution >= 0.6 is 11.3 Å². The van der Waals surface area contributed by atoms with Crippen LogP contribution in [0.4, 0.5) is 0 Å². The quantitative estimate of drug-likeness (QED) is 0.856. The molecule has 2 unspecified atom stereocenters. The summed E-state index contributed by atoms with van der Waals surface area (Å²) in [6.45, 7) is 7.21. The van der Waals surface area contributed by atoms with Gasteiger partial charge in [0.1, 0.15) is 12.1 Å². The van der Waals surface area contributed by atoms with E-state index in [0.29, 0.717) is 6.54 Å². The maximum absolute atomic E-state index is 12.8. The van der Waals surface area contributed by atoms with Gasteiger partial charge in [0.15, 0.2) is 0 Å². The first kappa shape index (κ1) is 14.5. The molecular formula is C15H21N3O2S. The number of rotatable bonds is 3. The van der Waals surface area contributed by atoms with E-state index in [1.807, 2.05) is 27.0 Å². The number of hydrogen-bond acceptors (Lipinski definition) is 4. The normalized spacial score (nSPS) is 25.9. The molecular weight excluding hydrogens is 286 g/mol. The SMILES string of the molecule is Cc1ncc(CN2C(=O)C3CCCN3C(=O)C2C(C)C)s1. The fraction of sp³-hybridized carbons (Fsp3) is 0.667. The zero-order valence-corrected chi connectivity index (χ0v) is 13.5. The Morgan fingerprint density at radius 3 is 2.76 bits per heavy atom. The molecule has 2 fully saturated rings. The Labute approximate surface area is 129 Å². The van der Waals surface area contributed by atoms with Gasteiger partial charge in [-0.15, -0.1) is 11.3 Å². The molecule has 3 rings (SSSR count). The van der Waals surface area contributed by atoms with Crippen LogP contribution < -0.4 is 0 Å². The van der Waals surface area contributed by atoms with E-state index < -0.39 is 0 Å². The molecule has 5 nitrogen and oxygen atoms in total. The Morgan fingerprint density at radius 1 is 1.38 bits per heavy atom. The average Bonchev–Trinajstić information content (AvgIpc) is 3.04. The minimum Gasteiger partial charge on any atom is -0.329 e. The number of hydrogen-bond donors (Lipinski definition) is 0. The summed E-state index contributed by atoms with van der Waals surface area (Å²) in [5, 5.41) is 0.990. The molecule has 2 aliphatic rings. The van der Waals surface area contributed by atoms with Crippen LogP contribution in [0.15, 0.2) is 6.20 Å². The molecule has 0 bridgehead atoms. The second-order valence-corrected chi connectivity index (χ2v) is 7.51. The summed E-state index contributed by atoms with van der Waals surface area (Å²) in [7, 11) is 0. The Morgan fingerprint density at radius 2 is 2.14 bits per heavy atom. The molecule has 114 valence electrons. The summed E-state index contributed by atoms with van der Waals surface area (Å²) in [6, 6.07) is -0.573. The van der Waals surface area contributed by atoms with Crippen LogP contribution in [0.2, 0.25) is 0 Å². The number of carbonyl (C=O) groups is 2. The molecule has 0 spiro atoms. The van der Waals surface area contributed by atoms with Crippen molar-refractivity contribution in [2.75, 3.05) is 6.54 Å². The highest BCUT2D eigenvalue weighted by Gasteiger charge is 2.48. The van der Waals surface area contributed by atoms with Crippen molar-refractivity contribution in [3.63, 3.8) is 0 Å². The second kappa shape index (κ2) is 5.40. The van der Waals surface area contributed by atoms with E-state index in [1.54, 1.807) is 21.1 Å². The molecule has 2 atom stereocenters. The first-order valence-corrected chi connectivity index (χ1v) is 8.33. The zero-order chi connectivity index (χ0) is 15.1. The van der Waals surface area contributed by atoms with Gasteiger partial charge in [0.05, 0.1) is 11.6 Å². The Kier molecular flexibility index (Phi) is 3.73. The Hall–Kier alpha value is -1.43. The number of aryl methyl sites for hydroxylation is 1. The Bertz CT molecular complexity index is 569. The predicted octanol–water partition coefficient (Wildman–Crippen LogP) is 1.81. The summed E-state index contributed by atoms with van der Waals surface area (Å²) in [5.74, 6) is 0.349. The molecule has 2 aliphatic heterocycles. The monoisotopic (exact) mass is 307 g/mol. The fourth-order valence-electron chi connectivity index (χ4n) is 3.39. The van der Waals surface area contributed by atoms with Gasteiger partial charge in [0.25, 0.3) is 0 Å². The highest BCUT2D eigenvalue weighted by Crippen LogP contribution is 2.31. The summed E-state index contributed by atoms with van der Waals surface area (Å²) < 4.78 is 0. The lowest BCUT2D eigenvalue weighted by Crippen LogP contribution is -2.63. The van der Waals surface area contributed by atoms with E-state index in [9.17, 15) is 9.59 Å². The maximum atomic E-state index is 12.8. The smallest absolute Gasteiger partial charge is 0.246 e. The number of piperazine rings is 1. The van der Waals surface area contributed by atoms with Gasteiger partial charge in [0.2, 0.25) is 11.8 Å². The molecule has 2 saturated heterocycles. The molecule has 1 aromatic heterocycles. The van der Waals surface area contributed by atoms with E-state index in [2.05, 4.69) is 4.98 Å². The van der Waals surface area contributed by atoms with E-state index in [0.717, 1.165) is 29.3 Å². The first-order valence-electron chi connectivity index (χ1n) is 7.51. The molecule has 0 aliphatic carbocycles. The van der Waals surface area contributed by atoms with Gasteiger partial charge in [-0.05, 0) is 25.7 Å². The zero-order valence-electron chi connectivity index (χ0n) is 12.7. The van der Waals surface area contributed by atoms with Crippen LogP contribution in [-0.2, 0) is 16.1 Å². The number of amides is 2. The molecule has 6 heteroatoms. The topological polar surface area (TPSA) is 53.5 Å². The lowest BCUT2D eigenvalue weighted by atomic mass is 9.96. The van der Waals surface area contributed by atoms with Crippen molar-refractivity contribution in [1.29, 1.82) is 0 Å². The number of thiazole rings is 1. The van der Waals surface area contributed by atoms with Gasteiger partial charge < -0.3 is 9.80 Å². The van der Waals surface area contributed by atoms with Crippen LogP contribution in [0.5, 0.6) is 0 Å². The standard InChI is InChI=1S/C15H21N3O2S/c1-9(2)13-15(20)17-6-4-5-12(17)14(19)18(13)8-11-7-16-10(3)21-11/h7,9,12-13H,4-6,8H2,1-3H3. The molecule has 0 aromatic carbocycles. The van der Waals surface area contributed by atoms with Crippen molar-refractivity contribution in [2.24, 2.45) is 5.92 Å². The van der Waals surface area contributed by atoms with Crippen molar-refractivity contribution >= 4 is 23.2 Å². The molecule has 2 amide bonds. The minimum atomic E-state index is -0.339. The second-order valence-electron chi connectivity index (χ2n) is 6.19. The highest BCUT2D eigenvalue weighted by atomic mass is 32.1. The van der Waals surface area contributed by atoms with E-state index in [1.165, 1.54) is 0 Å². The largest absolute Gasteiger partial charge is 0.329 e. The van der Waals surface area contributed by atoms with Crippen molar-refractivity contribution in [3.05, 3.63) is 16.1 Å². The third-order valence-corrected chi connectivity index (χ3v) is 5.22. The van der Waals surface area contributed by atoms with Crippen LogP contribution in [0.25, 0.3) is 0 Å². The molecule has 0 saturated carbocycles. The molecule has 0 N–H and O–H groups in total. The van der Waals surface area contributed by atoms with Gasteiger partial charge in [-0.3, -0.25) is 9.59 Å². The van der Waals surface area contributed by atoms with E-state index in [-0.39, 0.29) is 29.8 Å². The lowest BCUT2D eigenvalue weighted by Gasteiger charge is -2.43. The van der Waals surface area contributed by atoms with Crippen molar-refractivity contribution in [1.82, 2.24) is 14.8 Å². The number of aromatic nitrogens is 1. The van der Waals surface area contributed by atoms with Crippen LogP contribution in [0, 0.1) is 12.8 Å². The average molecular weight is 307 g/mol. The molecule has 1 aromatic rings. The van der Waals surface area contributed by atoms with E-state index in [4.69, 9.17) is 0 Å². The van der Waals surface area contributed by atoms with Crippen molar-refractivity contribution in [3.8, 4) is 0 Å². The van der Waals surface area contributed by atoms with Crippen LogP contribution in [0.3, 0.4) is 0 Å². The van der Waals surface area contributed by atoms with Gasteiger partial charge in [-0.25, -0.2) is 4.98 Å². The van der Waals surface area contributed by atoms with Crippen molar-refractivity contribution < 1.29 is 9.59 Å². The summed E-state index contributed by atoms with van der Waals surface area (Å²) in [6.07, 6.45) is 3.55. The highest BCUT2D eigenvalue weighted by molar-refractivity contribution is 7.11.